The quantitative estimate of drug-likeness (QED) is 0.358. The Kier molecular flexibility index (Phi) is 8.50. The smallest absolute Gasteiger partial charge is 0.307 e. The van der Waals surface area contributed by atoms with E-state index in [0.29, 0.717) is 13.0 Å². The molecule has 0 saturated carbocycles. The lowest BCUT2D eigenvalue weighted by atomic mass is 9.91. The molecule has 0 saturated heterocycles. The first-order valence-electron chi connectivity index (χ1n) is 6.48. The molecule has 0 bridgehead atoms. The van der Waals surface area contributed by atoms with Crippen molar-refractivity contribution < 1.29 is 35.1 Å². The van der Waals surface area contributed by atoms with Crippen LogP contribution >= 0.6 is 0 Å². The molecule has 0 rings (SSSR count). The zero-order valence-corrected chi connectivity index (χ0v) is 11.4. The summed E-state index contributed by atoms with van der Waals surface area (Å²) in [5.74, 6) is -10.6. The highest BCUT2D eigenvalue weighted by Gasteiger charge is 2.47. The van der Waals surface area contributed by atoms with E-state index in [2.05, 4.69) is 5.32 Å². The topological polar surface area (TPSA) is 14.1 Å². The zero-order valence-electron chi connectivity index (χ0n) is 11.4. The molecule has 0 heterocycles. The van der Waals surface area contributed by atoms with Gasteiger partial charge in [0.15, 0.2) is 0 Å². The molecule has 0 fully saturated rings. The summed E-state index contributed by atoms with van der Waals surface area (Å²) in [4.78, 5) is 0. The molecule has 0 atom stereocenters. The van der Waals surface area contributed by atoms with Gasteiger partial charge >= 0.3 is 24.7 Å². The van der Waals surface area contributed by atoms with Crippen molar-refractivity contribution in [2.24, 2.45) is 5.92 Å². The number of alkyl halides is 8. The Labute approximate surface area is 118 Å². The summed E-state index contributed by atoms with van der Waals surface area (Å²) in [6, 6.07) is 0. The van der Waals surface area contributed by atoms with E-state index in [-0.39, 0.29) is 13.0 Å². The van der Waals surface area contributed by atoms with E-state index in [1.54, 1.807) is 6.92 Å². The van der Waals surface area contributed by atoms with Crippen LogP contribution in [0.1, 0.15) is 32.6 Å². The summed E-state index contributed by atoms with van der Waals surface area (Å²) in [5, 5.41) is 3.81. The Hall–Kier alpha value is -0.600. The summed E-state index contributed by atoms with van der Waals surface area (Å²) in [7, 11) is 0. The monoisotopic (exact) mass is 328 g/mol. The Morgan fingerprint density at radius 2 is 1.24 bits per heavy atom. The average Bonchev–Trinajstić information content (AvgIpc) is 2.33. The minimum absolute atomic E-state index is 0.100. The van der Waals surface area contributed by atoms with Crippen molar-refractivity contribution in [1.29, 1.82) is 0 Å². The molecule has 0 aliphatic carbocycles. The second-order valence-electron chi connectivity index (χ2n) is 4.86. The second kappa shape index (κ2) is 8.75. The molecule has 0 N–H and O–H groups in total. The fourth-order valence-corrected chi connectivity index (χ4v) is 1.77. The molecule has 0 amide bonds. The average molecular weight is 328 g/mol. The standard InChI is InChI=1S/C12H18F8N/c1-2-4-21-5-3-8(6-11(17,18)9(13)14)7-12(19,20)10(15)16/h8-10H,2-7H2,1H3/q-1. The van der Waals surface area contributed by atoms with Crippen LogP contribution in [-0.2, 0) is 0 Å². The van der Waals surface area contributed by atoms with E-state index >= 15 is 0 Å². The first-order chi connectivity index (χ1) is 9.53. The van der Waals surface area contributed by atoms with Gasteiger partial charge in [-0.15, -0.1) is 13.1 Å². The Morgan fingerprint density at radius 1 is 0.810 bits per heavy atom. The van der Waals surface area contributed by atoms with Crippen molar-refractivity contribution in [3.63, 3.8) is 0 Å². The molecule has 0 aromatic rings. The van der Waals surface area contributed by atoms with Crippen molar-refractivity contribution in [2.75, 3.05) is 13.1 Å². The number of halogens is 8. The molecule has 0 spiro atoms. The summed E-state index contributed by atoms with van der Waals surface area (Å²) >= 11 is 0. The van der Waals surface area contributed by atoms with E-state index in [1.807, 2.05) is 0 Å². The van der Waals surface area contributed by atoms with Crippen LogP contribution in [0.4, 0.5) is 35.1 Å². The molecule has 0 radical (unpaired) electrons. The normalized spacial score (nSPS) is 13.7. The van der Waals surface area contributed by atoms with Gasteiger partial charge in [-0.25, -0.2) is 35.1 Å². The summed E-state index contributed by atoms with van der Waals surface area (Å²) in [6.45, 7) is 2.04. The van der Waals surface area contributed by atoms with Gasteiger partial charge in [0, 0.05) is 12.8 Å². The first kappa shape index (κ1) is 20.4. The predicted molar refractivity (Wildman–Crippen MR) is 62.6 cm³/mol. The van der Waals surface area contributed by atoms with Gasteiger partial charge in [0.2, 0.25) is 0 Å². The highest BCUT2D eigenvalue weighted by molar-refractivity contribution is 4.85. The number of hydrogen-bond donors (Lipinski definition) is 0. The van der Waals surface area contributed by atoms with Gasteiger partial charge in [-0.2, -0.15) is 0 Å². The summed E-state index contributed by atoms with van der Waals surface area (Å²) < 4.78 is 100. The second-order valence-corrected chi connectivity index (χ2v) is 4.86. The van der Waals surface area contributed by atoms with Crippen LogP contribution in [0.15, 0.2) is 0 Å². The van der Waals surface area contributed by atoms with Crippen molar-refractivity contribution in [3.8, 4) is 0 Å². The SMILES string of the molecule is CCC[N-]CCC(CC(F)(F)C(F)F)CC(F)(F)C(F)F. The van der Waals surface area contributed by atoms with Crippen LogP contribution in [0.25, 0.3) is 5.32 Å². The summed E-state index contributed by atoms with van der Waals surface area (Å²) in [5.41, 5.74) is 0. The molecule has 0 aromatic heterocycles. The molecule has 1 nitrogen and oxygen atoms in total. The molecular weight excluding hydrogens is 310 g/mol. The third kappa shape index (κ3) is 7.82. The van der Waals surface area contributed by atoms with Gasteiger partial charge in [0.25, 0.3) is 0 Å². The Balaban J connectivity index is 4.69. The molecule has 0 aromatic carbocycles. The highest BCUT2D eigenvalue weighted by atomic mass is 19.3. The van der Waals surface area contributed by atoms with Crippen LogP contribution in [-0.4, -0.2) is 37.8 Å². The maximum atomic E-state index is 12.9. The molecule has 128 valence electrons. The predicted octanol–water partition coefficient (Wildman–Crippen LogP) is 5.36. The third-order valence-corrected chi connectivity index (χ3v) is 2.84. The fraction of sp³-hybridized carbons (Fsp3) is 1.00. The zero-order chi connectivity index (χ0) is 16.7. The van der Waals surface area contributed by atoms with Crippen molar-refractivity contribution in [1.82, 2.24) is 0 Å². The van der Waals surface area contributed by atoms with E-state index in [1.165, 1.54) is 0 Å². The van der Waals surface area contributed by atoms with Gasteiger partial charge in [-0.05, 0) is 5.92 Å². The third-order valence-electron chi connectivity index (χ3n) is 2.84. The fourth-order valence-electron chi connectivity index (χ4n) is 1.77. The van der Waals surface area contributed by atoms with E-state index in [9.17, 15) is 35.1 Å². The van der Waals surface area contributed by atoms with Crippen molar-refractivity contribution in [3.05, 3.63) is 5.32 Å². The summed E-state index contributed by atoms with van der Waals surface area (Å²) in [6.07, 6.45) is -10.9. The largest absolute Gasteiger partial charge is 0.662 e. The minimum Gasteiger partial charge on any atom is -0.662 e. The van der Waals surface area contributed by atoms with Crippen LogP contribution < -0.4 is 0 Å². The lowest BCUT2D eigenvalue weighted by Crippen LogP contribution is -2.35. The maximum absolute atomic E-state index is 12.9. The first-order valence-corrected chi connectivity index (χ1v) is 6.48. The van der Waals surface area contributed by atoms with Crippen LogP contribution in [0, 0.1) is 5.92 Å². The lowest BCUT2D eigenvalue weighted by Gasteiger charge is -2.29. The van der Waals surface area contributed by atoms with Crippen LogP contribution in [0.5, 0.6) is 0 Å². The minimum atomic E-state index is -4.48. The molecule has 0 aliphatic rings. The lowest BCUT2D eigenvalue weighted by molar-refractivity contribution is -0.165. The number of rotatable bonds is 11. The molecule has 0 aliphatic heterocycles. The van der Waals surface area contributed by atoms with E-state index in [0.717, 1.165) is 0 Å². The number of hydrogen-bond acceptors (Lipinski definition) is 0. The highest BCUT2D eigenvalue weighted by Crippen LogP contribution is 2.38. The van der Waals surface area contributed by atoms with Gasteiger partial charge in [0.1, 0.15) is 0 Å². The molecule has 0 unspecified atom stereocenters. The van der Waals surface area contributed by atoms with Crippen LogP contribution in [0.2, 0.25) is 0 Å². The van der Waals surface area contributed by atoms with Gasteiger partial charge in [0.05, 0.1) is 0 Å². The molecular formula is C12H18F8N-. The van der Waals surface area contributed by atoms with Crippen molar-refractivity contribution >= 4 is 0 Å². The molecule has 9 heteroatoms. The van der Waals surface area contributed by atoms with Crippen molar-refractivity contribution in [2.45, 2.75) is 57.3 Å². The van der Waals surface area contributed by atoms with E-state index in [4.69, 9.17) is 0 Å². The maximum Gasteiger partial charge on any atom is 0.307 e. The van der Waals surface area contributed by atoms with Gasteiger partial charge in [-0.3, -0.25) is 0 Å². The number of nitrogens with zero attached hydrogens (tertiary/aromatic N) is 1. The van der Waals surface area contributed by atoms with Gasteiger partial charge in [-0.1, -0.05) is 19.8 Å². The molecule has 21 heavy (non-hydrogen) atoms. The van der Waals surface area contributed by atoms with Gasteiger partial charge < -0.3 is 5.32 Å². The van der Waals surface area contributed by atoms with Crippen LogP contribution in [0.3, 0.4) is 0 Å². The van der Waals surface area contributed by atoms with E-state index < -0.39 is 43.5 Å². The Bertz CT molecular complexity index is 260. The Morgan fingerprint density at radius 3 is 1.57 bits per heavy atom.